The van der Waals surface area contributed by atoms with Crippen LogP contribution in [0.2, 0.25) is 0 Å². The van der Waals surface area contributed by atoms with Crippen molar-refractivity contribution in [3.63, 3.8) is 0 Å². The summed E-state index contributed by atoms with van der Waals surface area (Å²) >= 11 is 5.53. The van der Waals surface area contributed by atoms with Gasteiger partial charge in [0.2, 0.25) is 0 Å². The number of nitrogens with zero attached hydrogens (tertiary/aromatic N) is 2. The molecule has 2 aliphatic heterocycles. The maximum Gasteiger partial charge on any atom is 0.253 e. The Hall–Kier alpha value is -2.60. The van der Waals surface area contributed by atoms with Crippen molar-refractivity contribution in [1.29, 1.82) is 0 Å². The van der Waals surface area contributed by atoms with E-state index in [0.29, 0.717) is 5.11 Å². The van der Waals surface area contributed by atoms with Crippen LogP contribution in [-0.4, -0.2) is 42.1 Å². The number of piperidine rings is 2. The number of rotatable bonds is 5. The average Bonchev–Trinajstić information content (AvgIpc) is 2.84. The summed E-state index contributed by atoms with van der Waals surface area (Å²) in [5, 5.41) is 7.19. The van der Waals surface area contributed by atoms with E-state index in [1.54, 1.807) is 0 Å². The Bertz CT molecular complexity index is 938. The fourth-order valence-electron chi connectivity index (χ4n) is 4.82. The van der Waals surface area contributed by atoms with Crippen molar-refractivity contribution in [2.24, 2.45) is 5.92 Å². The fourth-order valence-corrected chi connectivity index (χ4v) is 5.12. The van der Waals surface area contributed by atoms with Crippen LogP contribution in [0, 0.1) is 5.92 Å². The van der Waals surface area contributed by atoms with Gasteiger partial charge in [0.15, 0.2) is 5.11 Å². The summed E-state index contributed by atoms with van der Waals surface area (Å²) in [6, 6.07) is 16.5. The Morgan fingerprint density at radius 3 is 2.33 bits per heavy atom. The summed E-state index contributed by atoms with van der Waals surface area (Å²) in [7, 11) is 0. The van der Waals surface area contributed by atoms with Gasteiger partial charge in [0.1, 0.15) is 0 Å². The molecule has 2 aromatic rings. The second-order valence-electron chi connectivity index (χ2n) is 9.54. The van der Waals surface area contributed by atoms with E-state index in [4.69, 9.17) is 12.2 Å². The molecule has 33 heavy (non-hydrogen) atoms. The number of anilines is 2. The number of benzene rings is 2. The number of carbonyl (C=O) groups is 1. The highest BCUT2D eigenvalue weighted by molar-refractivity contribution is 7.80. The standard InChI is InChI=1S/C27H36N4OS/c1-20-7-6-18-31(19-20)25-14-10-22(11-15-25)21(2)28-27(33)29-24-12-8-23(9-13-24)26(32)30-16-4-3-5-17-30/h8-15,20-21H,3-7,16-19H2,1-2H3,(H2,28,29,33)/t20-,21+/m1/s1. The zero-order chi connectivity index (χ0) is 23.2. The number of hydrogen-bond donors (Lipinski definition) is 2. The van der Waals surface area contributed by atoms with Crippen LogP contribution in [0.3, 0.4) is 0 Å². The minimum atomic E-state index is 0.0966. The number of amides is 1. The summed E-state index contributed by atoms with van der Waals surface area (Å²) in [6.45, 7) is 8.47. The van der Waals surface area contributed by atoms with E-state index < -0.39 is 0 Å². The third-order valence-corrected chi connectivity index (χ3v) is 7.02. The highest BCUT2D eigenvalue weighted by Crippen LogP contribution is 2.25. The summed E-state index contributed by atoms with van der Waals surface area (Å²) in [5.41, 5.74) is 4.12. The first-order valence-electron chi connectivity index (χ1n) is 12.3. The van der Waals surface area contributed by atoms with E-state index in [1.807, 2.05) is 29.2 Å². The molecule has 0 aliphatic carbocycles. The van der Waals surface area contributed by atoms with Gasteiger partial charge in [-0.3, -0.25) is 4.79 Å². The van der Waals surface area contributed by atoms with Gasteiger partial charge in [-0.25, -0.2) is 0 Å². The number of carbonyl (C=O) groups excluding carboxylic acids is 1. The van der Waals surface area contributed by atoms with E-state index in [9.17, 15) is 4.79 Å². The second-order valence-corrected chi connectivity index (χ2v) is 9.94. The molecule has 2 fully saturated rings. The summed E-state index contributed by atoms with van der Waals surface area (Å²) < 4.78 is 0. The minimum Gasteiger partial charge on any atom is -0.371 e. The van der Waals surface area contributed by atoms with Crippen molar-refractivity contribution >= 4 is 34.6 Å². The molecule has 0 bridgehead atoms. The van der Waals surface area contributed by atoms with E-state index in [1.165, 1.54) is 30.5 Å². The van der Waals surface area contributed by atoms with Crippen LogP contribution in [0.4, 0.5) is 11.4 Å². The third-order valence-electron chi connectivity index (χ3n) is 6.80. The monoisotopic (exact) mass is 464 g/mol. The maximum atomic E-state index is 12.6. The van der Waals surface area contributed by atoms with E-state index >= 15 is 0 Å². The Labute approximate surface area is 203 Å². The average molecular weight is 465 g/mol. The van der Waals surface area contributed by atoms with Gasteiger partial charge in [0.05, 0.1) is 6.04 Å². The first-order chi connectivity index (χ1) is 16.0. The van der Waals surface area contributed by atoms with Crippen LogP contribution in [0.1, 0.15) is 67.9 Å². The number of nitrogens with one attached hydrogen (secondary N) is 2. The Kier molecular flexibility index (Phi) is 7.86. The third kappa shape index (κ3) is 6.26. The predicted molar refractivity (Wildman–Crippen MR) is 141 cm³/mol. The molecule has 2 heterocycles. The number of likely N-dealkylation sites (tertiary alicyclic amines) is 1. The topological polar surface area (TPSA) is 47.6 Å². The van der Waals surface area contributed by atoms with Crippen LogP contribution >= 0.6 is 12.2 Å². The van der Waals surface area contributed by atoms with Gasteiger partial charge in [-0.05, 0) is 99.1 Å². The lowest BCUT2D eigenvalue weighted by Crippen LogP contribution is -2.35. The zero-order valence-electron chi connectivity index (χ0n) is 19.8. The normalized spacial score (nSPS) is 19.6. The van der Waals surface area contributed by atoms with Gasteiger partial charge in [-0.2, -0.15) is 0 Å². The molecule has 0 aromatic heterocycles. The molecule has 0 radical (unpaired) electrons. The van der Waals surface area contributed by atoms with Crippen molar-refractivity contribution in [1.82, 2.24) is 10.2 Å². The van der Waals surface area contributed by atoms with E-state index in [-0.39, 0.29) is 11.9 Å². The molecule has 2 N–H and O–H groups in total. The Morgan fingerprint density at radius 1 is 0.970 bits per heavy atom. The Morgan fingerprint density at radius 2 is 1.67 bits per heavy atom. The molecule has 2 aromatic carbocycles. The molecule has 2 atom stereocenters. The van der Waals surface area contributed by atoms with Crippen molar-refractivity contribution in [2.75, 3.05) is 36.4 Å². The SMILES string of the molecule is C[C@@H]1CCCN(c2ccc([C@H](C)NC(=S)Nc3ccc(C(=O)N4CCCCC4)cc3)cc2)C1. The van der Waals surface area contributed by atoms with Gasteiger partial charge < -0.3 is 20.4 Å². The lowest BCUT2D eigenvalue weighted by Gasteiger charge is -2.33. The summed E-state index contributed by atoms with van der Waals surface area (Å²) in [6.07, 6.45) is 6.02. The molecule has 4 rings (SSSR count). The maximum absolute atomic E-state index is 12.6. The molecular weight excluding hydrogens is 428 g/mol. The lowest BCUT2D eigenvalue weighted by molar-refractivity contribution is 0.0724. The summed E-state index contributed by atoms with van der Waals surface area (Å²) in [5.74, 6) is 0.887. The molecule has 1 amide bonds. The molecule has 2 aliphatic rings. The molecule has 5 nitrogen and oxygen atoms in total. The van der Waals surface area contributed by atoms with Crippen molar-refractivity contribution in [3.05, 3.63) is 59.7 Å². The first-order valence-corrected chi connectivity index (χ1v) is 12.7. The van der Waals surface area contributed by atoms with Gasteiger partial charge in [0.25, 0.3) is 5.91 Å². The number of hydrogen-bond acceptors (Lipinski definition) is 3. The van der Waals surface area contributed by atoms with Crippen LogP contribution in [-0.2, 0) is 0 Å². The molecule has 0 saturated carbocycles. The zero-order valence-corrected chi connectivity index (χ0v) is 20.7. The highest BCUT2D eigenvalue weighted by Gasteiger charge is 2.19. The number of thiocarbonyl (C=S) groups is 1. The van der Waals surface area contributed by atoms with Crippen molar-refractivity contribution < 1.29 is 4.79 Å². The van der Waals surface area contributed by atoms with Gasteiger partial charge in [-0.15, -0.1) is 0 Å². The molecule has 6 heteroatoms. The molecule has 2 saturated heterocycles. The fraction of sp³-hybridized carbons (Fsp3) is 0.481. The smallest absolute Gasteiger partial charge is 0.253 e. The lowest BCUT2D eigenvalue weighted by atomic mass is 9.99. The predicted octanol–water partition coefficient (Wildman–Crippen LogP) is 5.60. The second kappa shape index (κ2) is 11.0. The molecule has 0 unspecified atom stereocenters. The molecule has 176 valence electrons. The quantitative estimate of drug-likeness (QED) is 0.564. The van der Waals surface area contributed by atoms with Crippen LogP contribution < -0.4 is 15.5 Å². The van der Waals surface area contributed by atoms with E-state index in [2.05, 4.69) is 53.6 Å². The van der Waals surface area contributed by atoms with Crippen molar-refractivity contribution in [3.8, 4) is 0 Å². The van der Waals surface area contributed by atoms with Gasteiger partial charge in [-0.1, -0.05) is 19.1 Å². The molecular formula is C27H36N4OS. The highest BCUT2D eigenvalue weighted by atomic mass is 32.1. The van der Waals surface area contributed by atoms with Crippen molar-refractivity contribution in [2.45, 2.75) is 52.0 Å². The molecule has 0 spiro atoms. The minimum absolute atomic E-state index is 0.0966. The van der Waals surface area contributed by atoms with E-state index in [0.717, 1.165) is 56.2 Å². The first kappa shape index (κ1) is 23.6. The largest absolute Gasteiger partial charge is 0.371 e. The summed E-state index contributed by atoms with van der Waals surface area (Å²) in [4.78, 5) is 17.1. The van der Waals surface area contributed by atoms with Gasteiger partial charge in [0, 0.05) is 43.1 Å². The Balaban J connectivity index is 1.28. The van der Waals surface area contributed by atoms with Crippen LogP contribution in [0.15, 0.2) is 48.5 Å². The van der Waals surface area contributed by atoms with Crippen LogP contribution in [0.25, 0.3) is 0 Å². The van der Waals surface area contributed by atoms with Crippen LogP contribution in [0.5, 0.6) is 0 Å². The van der Waals surface area contributed by atoms with Gasteiger partial charge >= 0.3 is 0 Å².